The summed E-state index contributed by atoms with van der Waals surface area (Å²) >= 11 is 6.71. The maximum atomic E-state index is 13.9. The average Bonchev–Trinajstić information content (AvgIpc) is 3.70. The lowest BCUT2D eigenvalue weighted by Gasteiger charge is -2.42. The molecule has 2 amide bonds. The Balaban J connectivity index is 1.76. The molecule has 1 aromatic carbocycles. The first-order valence-electron chi connectivity index (χ1n) is 15.5. The van der Waals surface area contributed by atoms with Gasteiger partial charge in [0, 0.05) is 32.9 Å². The number of halogens is 1. The number of amides is 2. The minimum absolute atomic E-state index is 0.00165. The minimum Gasteiger partial charge on any atom is -0.495 e. The molecule has 0 saturated carbocycles. The summed E-state index contributed by atoms with van der Waals surface area (Å²) in [5.41, 5.74) is -0.597. The highest BCUT2D eigenvalue weighted by molar-refractivity contribution is 6.35. The number of aliphatic hydroxyl groups is 1. The summed E-state index contributed by atoms with van der Waals surface area (Å²) in [5, 5.41) is 17.4. The van der Waals surface area contributed by atoms with Gasteiger partial charge in [-0.2, -0.15) is 0 Å². The van der Waals surface area contributed by atoms with Crippen LogP contribution in [0.15, 0.2) is 35.9 Å². The first-order valence-corrected chi connectivity index (χ1v) is 15.9. The van der Waals surface area contributed by atoms with Crippen molar-refractivity contribution in [1.82, 2.24) is 10.6 Å². The predicted octanol–water partition coefficient (Wildman–Crippen LogP) is 3.67. The molecule has 13 heteroatoms. The number of allylic oxidation sites excluding steroid dienone is 3. The number of nitrogens with one attached hydrogen (secondary N) is 2. The van der Waals surface area contributed by atoms with Crippen LogP contribution in [0.5, 0.6) is 5.75 Å². The summed E-state index contributed by atoms with van der Waals surface area (Å²) in [4.78, 5) is 41.0. The quantitative estimate of drug-likeness (QED) is 0.224. The number of esters is 1. The van der Waals surface area contributed by atoms with Crippen molar-refractivity contribution in [3.63, 3.8) is 0 Å². The van der Waals surface area contributed by atoms with Gasteiger partial charge in [-0.3, -0.25) is 14.9 Å². The summed E-state index contributed by atoms with van der Waals surface area (Å²) in [5.74, 6) is -0.844. The monoisotopic (exact) mass is 663 g/mol. The topological polar surface area (TPSA) is 148 Å². The number of rotatable bonds is 7. The molecule has 2 saturated heterocycles. The van der Waals surface area contributed by atoms with Crippen LogP contribution in [0.4, 0.5) is 10.5 Å². The largest absolute Gasteiger partial charge is 0.495 e. The maximum Gasteiger partial charge on any atom is 0.409 e. The molecule has 3 N–H and O–H groups in total. The zero-order chi connectivity index (χ0) is 33.8. The molecule has 4 bridgehead atoms. The Morgan fingerprint density at radius 3 is 2.70 bits per heavy atom. The average molecular weight is 664 g/mol. The van der Waals surface area contributed by atoms with Gasteiger partial charge in [-0.05, 0) is 58.0 Å². The van der Waals surface area contributed by atoms with Crippen LogP contribution in [0.1, 0.15) is 52.0 Å². The summed E-state index contributed by atoms with van der Waals surface area (Å²) in [6.45, 7) is 6.18. The van der Waals surface area contributed by atoms with Crippen molar-refractivity contribution in [3.05, 3.63) is 46.5 Å². The standard InChI is InChI=1S/C33H46ClN3O9/c1-19-10-8-11-25(43-7)33(41)18-24(44-31(40)36-33)20(2)30-32(3,46-30)26(45-28(39)12-9-13-35-4)17-27(38)37(5)22-15-21(14-19)16-23(42-6)29(22)34/h8,10-11,15-16,20,24-26,30,35,41H,9,12-14,17-18H2,1-7H3,(H,36,40)/b11-8+,19-10+/t20-,24+,25-,26+,30+,32+,33+/m1/s1. The molecule has 3 aliphatic rings. The number of hydrogen-bond donors (Lipinski definition) is 3. The van der Waals surface area contributed by atoms with E-state index in [1.165, 1.54) is 19.1 Å². The highest BCUT2D eigenvalue weighted by atomic mass is 35.5. The van der Waals surface area contributed by atoms with Crippen molar-refractivity contribution < 1.29 is 43.2 Å². The smallest absolute Gasteiger partial charge is 0.409 e. The Morgan fingerprint density at radius 2 is 2.02 bits per heavy atom. The second-order valence-corrected chi connectivity index (χ2v) is 12.9. The van der Waals surface area contributed by atoms with Crippen LogP contribution in [0.2, 0.25) is 5.02 Å². The van der Waals surface area contributed by atoms with Crippen LogP contribution in [0.25, 0.3) is 0 Å². The van der Waals surface area contributed by atoms with E-state index < -0.39 is 53.7 Å². The molecule has 0 spiro atoms. The van der Waals surface area contributed by atoms with Crippen molar-refractivity contribution in [2.45, 2.75) is 88.6 Å². The third-order valence-electron chi connectivity index (χ3n) is 9.03. The van der Waals surface area contributed by atoms with Gasteiger partial charge in [0.25, 0.3) is 0 Å². The number of alkyl carbamates (subject to hydrolysis) is 1. The predicted molar refractivity (Wildman–Crippen MR) is 172 cm³/mol. The summed E-state index contributed by atoms with van der Waals surface area (Å²) in [6, 6.07) is 3.64. The van der Waals surface area contributed by atoms with Crippen molar-refractivity contribution in [2.24, 2.45) is 5.92 Å². The molecule has 3 aliphatic heterocycles. The second-order valence-electron chi connectivity index (χ2n) is 12.5. The molecule has 7 atom stereocenters. The first kappa shape index (κ1) is 35.7. The van der Waals surface area contributed by atoms with Gasteiger partial charge in [-0.25, -0.2) is 4.79 Å². The molecule has 0 radical (unpaired) electrons. The number of anilines is 1. The lowest BCUT2D eigenvalue weighted by molar-refractivity contribution is -0.153. The Labute approximate surface area is 275 Å². The Bertz CT molecular complexity index is 1370. The van der Waals surface area contributed by atoms with Gasteiger partial charge in [0.15, 0.2) is 5.72 Å². The second kappa shape index (κ2) is 14.7. The van der Waals surface area contributed by atoms with Crippen molar-refractivity contribution in [2.75, 3.05) is 39.8 Å². The molecule has 0 aromatic heterocycles. The Morgan fingerprint density at radius 1 is 1.28 bits per heavy atom. The van der Waals surface area contributed by atoms with Crippen LogP contribution < -0.4 is 20.3 Å². The number of ether oxygens (including phenoxy) is 5. The summed E-state index contributed by atoms with van der Waals surface area (Å²) < 4.78 is 28.9. The van der Waals surface area contributed by atoms with E-state index in [0.29, 0.717) is 30.8 Å². The summed E-state index contributed by atoms with van der Waals surface area (Å²) in [7, 11) is 6.37. The Kier molecular flexibility index (Phi) is 11.4. The fourth-order valence-electron chi connectivity index (χ4n) is 6.23. The molecular formula is C33H46ClN3O9. The molecule has 2 fully saturated rings. The Hall–Kier alpha value is -3.16. The minimum atomic E-state index is -1.77. The zero-order valence-corrected chi connectivity index (χ0v) is 28.3. The van der Waals surface area contributed by atoms with Gasteiger partial charge in [-0.15, -0.1) is 0 Å². The van der Waals surface area contributed by atoms with Crippen LogP contribution in [0, 0.1) is 5.92 Å². The van der Waals surface area contributed by atoms with Gasteiger partial charge < -0.3 is 39.0 Å². The lowest BCUT2D eigenvalue weighted by Crippen LogP contribution is -2.63. The van der Waals surface area contributed by atoms with Gasteiger partial charge in [0.1, 0.15) is 34.7 Å². The maximum absolute atomic E-state index is 13.9. The van der Waals surface area contributed by atoms with E-state index in [-0.39, 0.29) is 30.2 Å². The number of benzene rings is 1. The van der Waals surface area contributed by atoms with Crippen LogP contribution in [-0.2, 0) is 35.0 Å². The van der Waals surface area contributed by atoms with Gasteiger partial charge >= 0.3 is 12.1 Å². The number of epoxide rings is 1. The molecule has 3 heterocycles. The van der Waals surface area contributed by atoms with Gasteiger partial charge in [0.05, 0.1) is 25.3 Å². The van der Waals surface area contributed by atoms with E-state index >= 15 is 0 Å². The van der Waals surface area contributed by atoms with E-state index in [9.17, 15) is 19.5 Å². The molecule has 0 unspecified atom stereocenters. The SMILES string of the molecule is CNCCCC(=O)O[C@H]1CC(=O)N(C)c2cc(cc(OC)c2Cl)C/C(C)=C/C=C/[C@@H](OC)[C@@]2(O)C[C@H](OC(=O)N2)[C@@H](C)[C@@H]2O[C@@]12C. The lowest BCUT2D eigenvalue weighted by atomic mass is 9.83. The van der Waals surface area contributed by atoms with E-state index in [2.05, 4.69) is 10.6 Å². The van der Waals surface area contributed by atoms with E-state index in [4.69, 9.17) is 35.3 Å². The molecule has 46 heavy (non-hydrogen) atoms. The van der Waals surface area contributed by atoms with E-state index in [1.54, 1.807) is 33.2 Å². The van der Waals surface area contributed by atoms with Gasteiger partial charge in [0.2, 0.25) is 5.91 Å². The molecule has 1 aromatic rings. The molecule has 254 valence electrons. The van der Waals surface area contributed by atoms with Crippen molar-refractivity contribution in [3.8, 4) is 5.75 Å². The summed E-state index contributed by atoms with van der Waals surface area (Å²) in [6.07, 6.45) is 2.35. The normalized spacial score (nSPS) is 33.5. The highest BCUT2D eigenvalue weighted by Crippen LogP contribution is 2.49. The number of methoxy groups -OCH3 is 2. The third kappa shape index (κ3) is 7.86. The molecule has 12 nitrogen and oxygen atoms in total. The van der Waals surface area contributed by atoms with Gasteiger partial charge in [-0.1, -0.05) is 42.3 Å². The van der Waals surface area contributed by atoms with Crippen LogP contribution in [0.3, 0.4) is 0 Å². The van der Waals surface area contributed by atoms with Crippen molar-refractivity contribution >= 4 is 35.3 Å². The highest BCUT2D eigenvalue weighted by Gasteiger charge is 2.64. The zero-order valence-electron chi connectivity index (χ0n) is 27.6. The number of carbonyl (C=O) groups excluding carboxylic acids is 3. The number of carbonyl (C=O) groups is 3. The third-order valence-corrected chi connectivity index (χ3v) is 9.41. The fourth-order valence-corrected chi connectivity index (χ4v) is 6.55. The van der Waals surface area contributed by atoms with Crippen LogP contribution >= 0.6 is 11.6 Å². The molecular weight excluding hydrogens is 618 g/mol. The van der Waals surface area contributed by atoms with E-state index in [0.717, 1.165) is 11.1 Å². The number of fused-ring (bicyclic) bond motifs is 5. The fraction of sp³-hybridized carbons (Fsp3) is 0.606. The molecule has 4 rings (SSSR count). The van der Waals surface area contributed by atoms with Crippen molar-refractivity contribution in [1.29, 1.82) is 0 Å². The van der Waals surface area contributed by atoms with E-state index in [1.807, 2.05) is 32.1 Å². The number of hydrogen-bond acceptors (Lipinski definition) is 10. The van der Waals surface area contributed by atoms with Crippen LogP contribution in [-0.4, -0.2) is 93.7 Å². The number of nitrogens with zero attached hydrogens (tertiary/aromatic N) is 1. The molecule has 0 aliphatic carbocycles. The first-order chi connectivity index (χ1) is 21.8.